The van der Waals surface area contributed by atoms with E-state index in [9.17, 15) is 4.79 Å². The lowest BCUT2D eigenvalue weighted by Gasteiger charge is -2.03. The van der Waals surface area contributed by atoms with Crippen molar-refractivity contribution in [3.8, 4) is 11.5 Å². The molecule has 1 rings (SSSR count). The number of phenolic OH excluding ortho intramolecular Hbond substituents is 2. The van der Waals surface area contributed by atoms with E-state index in [1.165, 1.54) is 18.2 Å². The van der Waals surface area contributed by atoms with E-state index in [-0.39, 0.29) is 11.5 Å². The highest BCUT2D eigenvalue weighted by Crippen LogP contribution is 2.28. The van der Waals surface area contributed by atoms with Crippen LogP contribution in [0.2, 0.25) is 0 Å². The fourth-order valence-electron chi connectivity index (χ4n) is 1.04. The molecule has 14 heavy (non-hydrogen) atoms. The highest BCUT2D eigenvalue weighted by molar-refractivity contribution is 5.85. The molecule has 4 nitrogen and oxygen atoms in total. The highest BCUT2D eigenvalue weighted by Gasteiger charge is 2.03. The lowest BCUT2D eigenvalue weighted by Crippen LogP contribution is -1.87. The number of aryl methyl sites for hydroxylation is 1. The molecule has 0 amide bonds. The summed E-state index contributed by atoms with van der Waals surface area (Å²) in [5.41, 5.74) is 1.25. The Morgan fingerprint density at radius 3 is 2.43 bits per heavy atom. The van der Waals surface area contributed by atoms with E-state index in [0.717, 1.165) is 6.08 Å². The van der Waals surface area contributed by atoms with E-state index in [4.69, 9.17) is 15.3 Å². The third-order valence-corrected chi connectivity index (χ3v) is 1.77. The SMILES string of the molecule is Cc1cc(O)c(O)cc1C=CC(=O)O. The molecule has 0 spiro atoms. The van der Waals surface area contributed by atoms with Crippen LogP contribution >= 0.6 is 0 Å². The van der Waals surface area contributed by atoms with Gasteiger partial charge in [-0.15, -0.1) is 0 Å². The number of hydrogen-bond acceptors (Lipinski definition) is 3. The summed E-state index contributed by atoms with van der Waals surface area (Å²) >= 11 is 0. The largest absolute Gasteiger partial charge is 0.504 e. The van der Waals surface area contributed by atoms with Crippen LogP contribution in [0.1, 0.15) is 11.1 Å². The molecule has 0 aromatic heterocycles. The Labute approximate surface area is 80.7 Å². The van der Waals surface area contributed by atoms with Gasteiger partial charge >= 0.3 is 5.97 Å². The molecule has 0 heterocycles. The van der Waals surface area contributed by atoms with Crippen LogP contribution < -0.4 is 0 Å². The number of aromatic hydroxyl groups is 2. The summed E-state index contributed by atoms with van der Waals surface area (Å²) in [7, 11) is 0. The predicted molar refractivity (Wildman–Crippen MR) is 51.2 cm³/mol. The van der Waals surface area contributed by atoms with Crippen LogP contribution in [0.4, 0.5) is 0 Å². The predicted octanol–water partition coefficient (Wildman–Crippen LogP) is 1.50. The number of carboxylic acids is 1. The number of rotatable bonds is 2. The normalized spacial score (nSPS) is 10.6. The number of hydrogen-bond donors (Lipinski definition) is 3. The molecule has 0 fully saturated rings. The zero-order valence-corrected chi connectivity index (χ0v) is 7.56. The summed E-state index contributed by atoms with van der Waals surface area (Å²) < 4.78 is 0. The van der Waals surface area contributed by atoms with Crippen molar-refractivity contribution in [2.45, 2.75) is 6.92 Å². The second-order valence-corrected chi connectivity index (χ2v) is 2.87. The summed E-state index contributed by atoms with van der Waals surface area (Å²) in [6.45, 7) is 1.71. The van der Waals surface area contributed by atoms with Gasteiger partial charge in [-0.05, 0) is 36.3 Å². The summed E-state index contributed by atoms with van der Waals surface area (Å²) in [4.78, 5) is 10.2. The maximum absolute atomic E-state index is 10.2. The summed E-state index contributed by atoms with van der Waals surface area (Å²) in [5, 5.41) is 26.7. The zero-order chi connectivity index (χ0) is 10.7. The number of aliphatic carboxylic acids is 1. The van der Waals surface area contributed by atoms with Gasteiger partial charge in [-0.25, -0.2) is 4.79 Å². The maximum Gasteiger partial charge on any atom is 0.328 e. The topological polar surface area (TPSA) is 77.8 Å². The van der Waals surface area contributed by atoms with Crippen LogP contribution in [-0.2, 0) is 4.79 Å². The van der Waals surface area contributed by atoms with Crippen LogP contribution in [0.25, 0.3) is 6.08 Å². The second kappa shape index (κ2) is 3.83. The minimum Gasteiger partial charge on any atom is -0.504 e. The van der Waals surface area contributed by atoms with Crippen LogP contribution in [0.5, 0.6) is 11.5 Å². The van der Waals surface area contributed by atoms with Gasteiger partial charge in [0.1, 0.15) is 0 Å². The van der Waals surface area contributed by atoms with Crippen molar-refractivity contribution in [3.63, 3.8) is 0 Å². The quantitative estimate of drug-likeness (QED) is 0.492. The fourth-order valence-corrected chi connectivity index (χ4v) is 1.04. The molecular formula is C10H10O4. The first-order valence-corrected chi connectivity index (χ1v) is 3.94. The molecule has 0 bridgehead atoms. The number of carbonyl (C=O) groups is 1. The van der Waals surface area contributed by atoms with Gasteiger partial charge in [-0.1, -0.05) is 0 Å². The van der Waals surface area contributed by atoms with Gasteiger partial charge < -0.3 is 15.3 Å². The third kappa shape index (κ3) is 2.26. The molecule has 0 atom stereocenters. The van der Waals surface area contributed by atoms with Gasteiger partial charge in [0.2, 0.25) is 0 Å². The standard InChI is InChI=1S/C10H10O4/c1-6-4-8(11)9(12)5-7(6)2-3-10(13)14/h2-5,11-12H,1H3,(H,13,14). The Bertz CT molecular complexity index is 393. The average Bonchev–Trinajstić information content (AvgIpc) is 2.09. The van der Waals surface area contributed by atoms with Crippen LogP contribution in [0.15, 0.2) is 18.2 Å². The van der Waals surface area contributed by atoms with E-state index < -0.39 is 5.97 Å². The average molecular weight is 194 g/mol. The van der Waals surface area contributed by atoms with E-state index in [0.29, 0.717) is 11.1 Å². The Balaban J connectivity index is 3.10. The second-order valence-electron chi connectivity index (χ2n) is 2.87. The molecule has 1 aromatic rings. The first kappa shape index (κ1) is 10.1. The van der Waals surface area contributed by atoms with Crippen molar-refractivity contribution in [1.29, 1.82) is 0 Å². The van der Waals surface area contributed by atoms with Crippen molar-refractivity contribution in [3.05, 3.63) is 29.3 Å². The van der Waals surface area contributed by atoms with Gasteiger partial charge in [0, 0.05) is 6.08 Å². The smallest absolute Gasteiger partial charge is 0.328 e. The Morgan fingerprint density at radius 1 is 1.29 bits per heavy atom. The Morgan fingerprint density at radius 2 is 1.86 bits per heavy atom. The third-order valence-electron chi connectivity index (χ3n) is 1.77. The molecule has 1 aromatic carbocycles. The first-order valence-electron chi connectivity index (χ1n) is 3.94. The summed E-state index contributed by atoms with van der Waals surface area (Å²) in [5.74, 6) is -1.53. The van der Waals surface area contributed by atoms with E-state index in [1.807, 2.05) is 0 Å². The van der Waals surface area contributed by atoms with E-state index in [1.54, 1.807) is 6.92 Å². The molecule has 0 radical (unpaired) electrons. The minimum atomic E-state index is -1.06. The first-order chi connectivity index (χ1) is 6.50. The number of carboxylic acid groups (broad SMARTS) is 1. The van der Waals surface area contributed by atoms with E-state index >= 15 is 0 Å². The molecule has 4 heteroatoms. The molecule has 0 aliphatic carbocycles. The zero-order valence-electron chi connectivity index (χ0n) is 7.56. The minimum absolute atomic E-state index is 0.213. The number of phenols is 2. The molecular weight excluding hydrogens is 184 g/mol. The van der Waals surface area contributed by atoms with E-state index in [2.05, 4.69) is 0 Å². The molecule has 0 unspecified atom stereocenters. The maximum atomic E-state index is 10.2. The van der Waals surface area contributed by atoms with Gasteiger partial charge in [0.25, 0.3) is 0 Å². The van der Waals surface area contributed by atoms with Gasteiger partial charge in [-0.2, -0.15) is 0 Å². The monoisotopic (exact) mass is 194 g/mol. The summed E-state index contributed by atoms with van der Waals surface area (Å²) in [6.07, 6.45) is 2.33. The van der Waals surface area contributed by atoms with Crippen molar-refractivity contribution in [1.82, 2.24) is 0 Å². The molecule has 74 valence electrons. The van der Waals surface area contributed by atoms with Gasteiger partial charge in [-0.3, -0.25) is 0 Å². The molecule has 0 saturated carbocycles. The van der Waals surface area contributed by atoms with Crippen LogP contribution in [-0.4, -0.2) is 21.3 Å². The van der Waals surface area contributed by atoms with Crippen LogP contribution in [0.3, 0.4) is 0 Å². The van der Waals surface area contributed by atoms with Gasteiger partial charge in [0.15, 0.2) is 11.5 Å². The van der Waals surface area contributed by atoms with Gasteiger partial charge in [0.05, 0.1) is 0 Å². The van der Waals surface area contributed by atoms with Crippen LogP contribution in [0, 0.1) is 6.92 Å². The van der Waals surface area contributed by atoms with Crippen molar-refractivity contribution in [2.24, 2.45) is 0 Å². The van der Waals surface area contributed by atoms with Crippen molar-refractivity contribution >= 4 is 12.0 Å². The molecule has 0 aliphatic heterocycles. The number of benzene rings is 1. The molecule has 0 saturated heterocycles. The van der Waals surface area contributed by atoms with Crippen molar-refractivity contribution < 1.29 is 20.1 Å². The van der Waals surface area contributed by atoms with Crippen molar-refractivity contribution in [2.75, 3.05) is 0 Å². The lowest BCUT2D eigenvalue weighted by molar-refractivity contribution is -0.131. The fraction of sp³-hybridized carbons (Fsp3) is 0.100. The Kier molecular flexibility index (Phi) is 2.76. The molecule has 3 N–H and O–H groups in total. The lowest BCUT2D eigenvalue weighted by atomic mass is 10.1. The summed E-state index contributed by atoms with van der Waals surface area (Å²) in [6, 6.07) is 2.68. The molecule has 0 aliphatic rings. The Hall–Kier alpha value is -1.97. The highest BCUT2D eigenvalue weighted by atomic mass is 16.4.